The molecule has 0 saturated carbocycles. The minimum absolute atomic E-state index is 0.184. The van der Waals surface area contributed by atoms with Crippen molar-refractivity contribution in [2.45, 2.75) is 32.9 Å². The molecule has 1 aromatic heterocycles. The minimum Gasteiger partial charge on any atom is -0.460 e. The van der Waals surface area contributed by atoms with Gasteiger partial charge in [0.1, 0.15) is 17.7 Å². The molecular formula is C17H21O4P. The zero-order valence-electron chi connectivity index (χ0n) is 13.0. The van der Waals surface area contributed by atoms with Gasteiger partial charge in [-0.05, 0) is 43.9 Å². The van der Waals surface area contributed by atoms with Crippen molar-refractivity contribution in [3.63, 3.8) is 0 Å². The molecule has 0 fully saturated rings. The van der Waals surface area contributed by atoms with E-state index in [1.54, 1.807) is 0 Å². The highest BCUT2D eigenvalue weighted by atomic mass is 31.2. The van der Waals surface area contributed by atoms with E-state index < -0.39 is 7.60 Å². The zero-order valence-corrected chi connectivity index (χ0v) is 13.9. The fourth-order valence-corrected chi connectivity index (χ4v) is 4.50. The van der Waals surface area contributed by atoms with Crippen molar-refractivity contribution in [3.8, 4) is 11.3 Å². The average molecular weight is 320 g/mol. The van der Waals surface area contributed by atoms with Crippen molar-refractivity contribution >= 4 is 7.60 Å². The normalized spacial score (nSPS) is 13.7. The van der Waals surface area contributed by atoms with Gasteiger partial charge in [-0.2, -0.15) is 0 Å². The Morgan fingerprint density at radius 2 is 1.77 bits per heavy atom. The molecule has 22 heavy (non-hydrogen) atoms. The Bertz CT molecular complexity index is 694. The van der Waals surface area contributed by atoms with Crippen LogP contribution in [-0.2, 0) is 32.6 Å². The highest BCUT2D eigenvalue weighted by Gasteiger charge is 2.28. The number of rotatable bonds is 6. The van der Waals surface area contributed by atoms with Gasteiger partial charge in [-0.3, -0.25) is 4.57 Å². The molecule has 0 amide bonds. The summed E-state index contributed by atoms with van der Waals surface area (Å²) in [4.78, 5) is 0. The molecule has 0 atom stereocenters. The van der Waals surface area contributed by atoms with E-state index in [2.05, 4.69) is 12.1 Å². The molecule has 0 aliphatic heterocycles. The smallest absolute Gasteiger partial charge is 0.338 e. The first-order chi connectivity index (χ1) is 10.6. The third-order valence-corrected chi connectivity index (χ3v) is 5.79. The second-order valence-electron chi connectivity index (χ2n) is 5.33. The van der Waals surface area contributed by atoms with Gasteiger partial charge >= 0.3 is 7.60 Å². The Balaban J connectivity index is 1.90. The summed E-state index contributed by atoms with van der Waals surface area (Å²) in [6.45, 7) is 4.35. The predicted molar refractivity (Wildman–Crippen MR) is 86.1 cm³/mol. The molecule has 0 saturated heterocycles. The number of hydrogen-bond acceptors (Lipinski definition) is 4. The van der Waals surface area contributed by atoms with Crippen LogP contribution in [0.4, 0.5) is 0 Å². The molecule has 0 spiro atoms. The molecule has 5 heteroatoms. The van der Waals surface area contributed by atoms with Gasteiger partial charge in [-0.1, -0.05) is 24.3 Å². The van der Waals surface area contributed by atoms with Crippen molar-refractivity contribution < 1.29 is 18.0 Å². The molecule has 1 aliphatic carbocycles. The summed E-state index contributed by atoms with van der Waals surface area (Å²) in [6, 6.07) is 10.3. The number of benzene rings is 1. The van der Waals surface area contributed by atoms with E-state index in [0.717, 1.165) is 24.2 Å². The van der Waals surface area contributed by atoms with Gasteiger partial charge < -0.3 is 13.5 Å². The molecule has 0 radical (unpaired) electrons. The van der Waals surface area contributed by atoms with Crippen LogP contribution in [0.3, 0.4) is 0 Å². The summed E-state index contributed by atoms with van der Waals surface area (Å²) in [5.41, 5.74) is 3.61. The Morgan fingerprint density at radius 1 is 1.09 bits per heavy atom. The summed E-state index contributed by atoms with van der Waals surface area (Å²) in [7, 11) is -3.13. The van der Waals surface area contributed by atoms with E-state index in [4.69, 9.17) is 13.5 Å². The van der Waals surface area contributed by atoms with Crippen LogP contribution in [-0.4, -0.2) is 13.2 Å². The number of hydrogen-bond donors (Lipinski definition) is 0. The van der Waals surface area contributed by atoms with Gasteiger partial charge in [0.25, 0.3) is 0 Å². The molecule has 0 N–H and O–H groups in total. The molecule has 3 rings (SSSR count). The third-order valence-electron chi connectivity index (χ3n) is 3.79. The molecule has 0 unspecified atom stereocenters. The predicted octanol–water partition coefficient (Wildman–Crippen LogP) is 4.81. The Morgan fingerprint density at radius 3 is 2.50 bits per heavy atom. The Kier molecular flexibility index (Phi) is 4.53. The number of fused-ring (bicyclic) bond motifs is 3. The summed E-state index contributed by atoms with van der Waals surface area (Å²) in [5.74, 6) is 1.57. The maximum Gasteiger partial charge on any atom is 0.338 e. The molecule has 1 aromatic carbocycles. The second-order valence-corrected chi connectivity index (χ2v) is 7.38. The fraction of sp³-hybridized carbons (Fsp3) is 0.412. The molecule has 1 heterocycles. The van der Waals surface area contributed by atoms with E-state index >= 15 is 0 Å². The third kappa shape index (κ3) is 3.05. The van der Waals surface area contributed by atoms with E-state index in [1.807, 2.05) is 32.0 Å². The van der Waals surface area contributed by atoms with Crippen molar-refractivity contribution in [3.05, 3.63) is 47.2 Å². The van der Waals surface area contributed by atoms with E-state index in [0.29, 0.717) is 19.0 Å². The molecule has 2 aromatic rings. The molecule has 1 aliphatic rings. The summed E-state index contributed by atoms with van der Waals surface area (Å²) in [5, 5.41) is 0. The molecule has 0 bridgehead atoms. The lowest BCUT2D eigenvalue weighted by molar-refractivity contribution is 0.217. The summed E-state index contributed by atoms with van der Waals surface area (Å²) < 4.78 is 29.3. The standard InChI is InChI=1S/C17H21O4P/c1-3-19-22(18,20-4-2)12-15-11-14-10-9-13-7-5-6-8-16(13)17(14)21-15/h5-8,11H,3-4,9-10,12H2,1-2H3. The molecule has 118 valence electrons. The SMILES string of the molecule is CCOP(=O)(Cc1cc2c(o1)-c1ccccc1CC2)OCC. The highest BCUT2D eigenvalue weighted by molar-refractivity contribution is 7.53. The lowest BCUT2D eigenvalue weighted by Crippen LogP contribution is -2.00. The molecule has 4 nitrogen and oxygen atoms in total. The Hall–Kier alpha value is -1.35. The van der Waals surface area contributed by atoms with Crippen molar-refractivity contribution in [2.24, 2.45) is 0 Å². The first-order valence-corrected chi connectivity index (χ1v) is 9.46. The van der Waals surface area contributed by atoms with Crippen LogP contribution in [0.1, 0.15) is 30.7 Å². The van der Waals surface area contributed by atoms with Gasteiger partial charge in [-0.25, -0.2) is 0 Å². The van der Waals surface area contributed by atoms with Crippen molar-refractivity contribution in [1.29, 1.82) is 0 Å². The minimum atomic E-state index is -3.13. The fourth-order valence-electron chi connectivity index (χ4n) is 2.92. The van der Waals surface area contributed by atoms with E-state index in [-0.39, 0.29) is 6.16 Å². The van der Waals surface area contributed by atoms with Crippen LogP contribution < -0.4 is 0 Å². The maximum atomic E-state index is 12.6. The lowest BCUT2D eigenvalue weighted by atomic mass is 9.91. The summed E-state index contributed by atoms with van der Waals surface area (Å²) in [6.07, 6.45) is 2.14. The van der Waals surface area contributed by atoms with Gasteiger partial charge in [0.2, 0.25) is 0 Å². The van der Waals surface area contributed by atoms with Gasteiger partial charge in [0.05, 0.1) is 13.2 Å². The topological polar surface area (TPSA) is 48.7 Å². The van der Waals surface area contributed by atoms with Gasteiger partial charge in [0, 0.05) is 5.56 Å². The zero-order chi connectivity index (χ0) is 15.6. The second kappa shape index (κ2) is 6.41. The average Bonchev–Trinajstić information content (AvgIpc) is 2.90. The molecular weight excluding hydrogens is 299 g/mol. The Labute approximate surface area is 131 Å². The highest BCUT2D eigenvalue weighted by Crippen LogP contribution is 2.52. The summed E-state index contributed by atoms with van der Waals surface area (Å²) >= 11 is 0. The van der Waals surface area contributed by atoms with Crippen LogP contribution in [0.5, 0.6) is 0 Å². The van der Waals surface area contributed by atoms with Crippen LogP contribution in [0.25, 0.3) is 11.3 Å². The van der Waals surface area contributed by atoms with Gasteiger partial charge in [-0.15, -0.1) is 0 Å². The van der Waals surface area contributed by atoms with Crippen LogP contribution in [0.2, 0.25) is 0 Å². The van der Waals surface area contributed by atoms with Crippen molar-refractivity contribution in [1.82, 2.24) is 0 Å². The maximum absolute atomic E-state index is 12.6. The van der Waals surface area contributed by atoms with Crippen LogP contribution in [0.15, 0.2) is 34.7 Å². The quantitative estimate of drug-likeness (QED) is 0.717. The van der Waals surface area contributed by atoms with Gasteiger partial charge in [0.15, 0.2) is 0 Å². The van der Waals surface area contributed by atoms with Crippen LogP contribution in [0, 0.1) is 0 Å². The van der Waals surface area contributed by atoms with Crippen molar-refractivity contribution in [2.75, 3.05) is 13.2 Å². The number of furan rings is 1. The van der Waals surface area contributed by atoms with Crippen LogP contribution >= 0.6 is 7.60 Å². The number of aryl methyl sites for hydroxylation is 2. The largest absolute Gasteiger partial charge is 0.460 e. The van der Waals surface area contributed by atoms with E-state index in [1.165, 1.54) is 11.1 Å². The first kappa shape index (κ1) is 15.5. The lowest BCUT2D eigenvalue weighted by Gasteiger charge is -2.15. The monoisotopic (exact) mass is 320 g/mol. The first-order valence-electron chi connectivity index (χ1n) is 7.73. The van der Waals surface area contributed by atoms with E-state index in [9.17, 15) is 4.57 Å².